The van der Waals surface area contributed by atoms with Crippen LogP contribution in [-0.2, 0) is 19.2 Å². The van der Waals surface area contributed by atoms with Crippen LogP contribution in [0.5, 0.6) is 0 Å². The van der Waals surface area contributed by atoms with Crippen molar-refractivity contribution in [3.05, 3.63) is 0 Å². The number of carboxylic acid groups (broad SMARTS) is 1. The van der Waals surface area contributed by atoms with E-state index in [0.29, 0.717) is 4.90 Å². The Hall–Kier alpha value is -2.00. The SMILES string of the molecule is CC(=O)N(C(=O)C(NC(=O)C(N)C(C)O)C(C)C)C(CC(C)C)C(=O)O. The molecular weight excluding hydrogens is 342 g/mol. The van der Waals surface area contributed by atoms with Gasteiger partial charge in [-0.25, -0.2) is 4.79 Å². The molecule has 5 N–H and O–H groups in total. The topological polar surface area (TPSA) is 150 Å². The van der Waals surface area contributed by atoms with Crippen molar-refractivity contribution in [2.24, 2.45) is 17.6 Å². The number of rotatable bonds is 9. The van der Waals surface area contributed by atoms with E-state index in [1.165, 1.54) is 6.92 Å². The van der Waals surface area contributed by atoms with Crippen LogP contribution in [0.2, 0.25) is 0 Å². The molecule has 150 valence electrons. The number of hydrogen-bond donors (Lipinski definition) is 4. The lowest BCUT2D eigenvalue weighted by molar-refractivity contribution is -0.159. The van der Waals surface area contributed by atoms with Gasteiger partial charge in [0.1, 0.15) is 18.1 Å². The van der Waals surface area contributed by atoms with Gasteiger partial charge in [0, 0.05) is 6.92 Å². The van der Waals surface area contributed by atoms with Crippen molar-refractivity contribution in [2.45, 2.75) is 72.2 Å². The lowest BCUT2D eigenvalue weighted by Crippen LogP contribution is -2.60. The van der Waals surface area contributed by atoms with Crippen LogP contribution in [0.1, 0.15) is 48.0 Å². The quantitative estimate of drug-likeness (QED) is 0.433. The largest absolute Gasteiger partial charge is 0.480 e. The highest BCUT2D eigenvalue weighted by atomic mass is 16.4. The van der Waals surface area contributed by atoms with Gasteiger partial charge in [0.15, 0.2) is 0 Å². The maximum absolute atomic E-state index is 12.9. The zero-order valence-electron chi connectivity index (χ0n) is 16.2. The van der Waals surface area contributed by atoms with Gasteiger partial charge in [0.05, 0.1) is 6.10 Å². The maximum atomic E-state index is 12.9. The first-order valence-corrected chi connectivity index (χ1v) is 8.61. The van der Waals surface area contributed by atoms with Gasteiger partial charge in [-0.1, -0.05) is 27.7 Å². The van der Waals surface area contributed by atoms with Crippen molar-refractivity contribution in [1.29, 1.82) is 0 Å². The molecule has 0 heterocycles. The van der Waals surface area contributed by atoms with E-state index in [4.69, 9.17) is 5.73 Å². The Kier molecular flexibility index (Phi) is 9.44. The monoisotopic (exact) mass is 373 g/mol. The van der Waals surface area contributed by atoms with Gasteiger partial charge >= 0.3 is 5.97 Å². The fourth-order valence-electron chi connectivity index (χ4n) is 2.42. The van der Waals surface area contributed by atoms with Crippen LogP contribution >= 0.6 is 0 Å². The van der Waals surface area contributed by atoms with E-state index in [1.807, 2.05) is 0 Å². The van der Waals surface area contributed by atoms with Gasteiger partial charge in [-0.3, -0.25) is 19.3 Å². The van der Waals surface area contributed by atoms with E-state index >= 15 is 0 Å². The molecule has 0 saturated heterocycles. The molecule has 0 aliphatic heterocycles. The Morgan fingerprint density at radius 1 is 1.08 bits per heavy atom. The molecule has 4 unspecified atom stereocenters. The Morgan fingerprint density at radius 2 is 1.58 bits per heavy atom. The summed E-state index contributed by atoms with van der Waals surface area (Å²) in [7, 11) is 0. The molecule has 0 aromatic heterocycles. The average molecular weight is 373 g/mol. The molecule has 9 nitrogen and oxygen atoms in total. The van der Waals surface area contributed by atoms with Crippen LogP contribution in [0.4, 0.5) is 0 Å². The number of carbonyl (C=O) groups excluding carboxylic acids is 3. The third-order valence-corrected chi connectivity index (χ3v) is 3.92. The van der Waals surface area contributed by atoms with Gasteiger partial charge in [-0.05, 0) is 25.2 Å². The number of imide groups is 1. The van der Waals surface area contributed by atoms with Gasteiger partial charge in [-0.15, -0.1) is 0 Å². The number of carbonyl (C=O) groups is 4. The zero-order chi connectivity index (χ0) is 20.8. The Morgan fingerprint density at radius 3 is 1.88 bits per heavy atom. The fraction of sp³-hybridized carbons (Fsp3) is 0.765. The van der Waals surface area contributed by atoms with E-state index in [0.717, 1.165) is 6.92 Å². The van der Waals surface area contributed by atoms with E-state index in [-0.39, 0.29) is 12.3 Å². The van der Waals surface area contributed by atoms with Crippen molar-refractivity contribution in [3.63, 3.8) is 0 Å². The Labute approximate surface area is 153 Å². The van der Waals surface area contributed by atoms with Gasteiger partial charge < -0.3 is 21.3 Å². The number of nitrogens with zero attached hydrogens (tertiary/aromatic N) is 1. The molecule has 0 aromatic carbocycles. The summed E-state index contributed by atoms with van der Waals surface area (Å²) in [6, 6.07) is -3.73. The molecule has 0 spiro atoms. The molecule has 0 rings (SSSR count). The second-order valence-electron chi connectivity index (χ2n) is 7.21. The standard InChI is InChI=1S/C17H31N3O6/c1-8(2)7-12(17(25)26)20(11(6)22)16(24)14(9(3)4)19-15(23)13(18)10(5)21/h8-10,12-14,21H,7,18H2,1-6H3,(H,19,23)(H,25,26). The van der Waals surface area contributed by atoms with Crippen molar-refractivity contribution >= 4 is 23.7 Å². The lowest BCUT2D eigenvalue weighted by atomic mass is 9.98. The molecule has 0 bridgehead atoms. The highest BCUT2D eigenvalue weighted by molar-refractivity contribution is 6.02. The molecule has 0 radical (unpaired) electrons. The second kappa shape index (κ2) is 10.2. The first-order chi connectivity index (χ1) is 11.8. The molecule has 0 saturated carbocycles. The van der Waals surface area contributed by atoms with Crippen molar-refractivity contribution < 1.29 is 29.4 Å². The Balaban J connectivity index is 5.71. The smallest absolute Gasteiger partial charge is 0.326 e. The molecule has 0 fully saturated rings. The number of hydrogen-bond acceptors (Lipinski definition) is 6. The molecule has 0 aromatic rings. The number of carboxylic acids is 1. The number of nitrogens with two attached hydrogens (primary N) is 1. The number of aliphatic hydroxyl groups excluding tert-OH is 1. The molecule has 0 aliphatic carbocycles. The van der Waals surface area contributed by atoms with Crippen LogP contribution in [0.15, 0.2) is 0 Å². The van der Waals surface area contributed by atoms with Crippen molar-refractivity contribution in [1.82, 2.24) is 10.2 Å². The van der Waals surface area contributed by atoms with E-state index in [9.17, 15) is 29.4 Å². The van der Waals surface area contributed by atoms with E-state index < -0.39 is 53.8 Å². The molecule has 0 aliphatic rings. The summed E-state index contributed by atoms with van der Waals surface area (Å²) in [5, 5.41) is 21.3. The minimum absolute atomic E-state index is 0.0681. The van der Waals surface area contributed by atoms with Crippen molar-refractivity contribution in [2.75, 3.05) is 0 Å². The molecule has 3 amide bonds. The first-order valence-electron chi connectivity index (χ1n) is 8.61. The summed E-state index contributed by atoms with van der Waals surface area (Å²) >= 11 is 0. The highest BCUT2D eigenvalue weighted by Crippen LogP contribution is 2.16. The third kappa shape index (κ3) is 6.72. The summed E-state index contributed by atoms with van der Waals surface area (Å²) in [6.45, 7) is 9.29. The van der Waals surface area contributed by atoms with Crippen LogP contribution in [-0.4, -0.2) is 63.0 Å². The van der Waals surface area contributed by atoms with Gasteiger partial charge in [-0.2, -0.15) is 0 Å². The van der Waals surface area contributed by atoms with Crippen LogP contribution in [0.3, 0.4) is 0 Å². The summed E-state index contributed by atoms with van der Waals surface area (Å²) < 4.78 is 0. The average Bonchev–Trinajstić information content (AvgIpc) is 2.49. The predicted octanol–water partition coefficient (Wildman–Crippen LogP) is -0.290. The van der Waals surface area contributed by atoms with Crippen LogP contribution < -0.4 is 11.1 Å². The number of amides is 3. The summed E-state index contributed by atoms with van der Waals surface area (Å²) in [6.07, 6.45) is -1.04. The second-order valence-corrected chi connectivity index (χ2v) is 7.21. The first kappa shape index (κ1) is 24.0. The third-order valence-electron chi connectivity index (χ3n) is 3.92. The van der Waals surface area contributed by atoms with E-state index in [1.54, 1.807) is 27.7 Å². The number of aliphatic carboxylic acids is 1. The van der Waals surface area contributed by atoms with Crippen LogP contribution in [0, 0.1) is 11.8 Å². The Bertz CT molecular complexity index is 533. The van der Waals surface area contributed by atoms with Crippen LogP contribution in [0.25, 0.3) is 0 Å². The lowest BCUT2D eigenvalue weighted by Gasteiger charge is -2.32. The number of aliphatic hydroxyl groups is 1. The van der Waals surface area contributed by atoms with Gasteiger partial charge in [0.2, 0.25) is 11.8 Å². The molecule has 9 heteroatoms. The minimum atomic E-state index is -1.33. The summed E-state index contributed by atoms with van der Waals surface area (Å²) in [5.41, 5.74) is 5.57. The molecular formula is C17H31N3O6. The summed E-state index contributed by atoms with van der Waals surface area (Å²) in [5.74, 6) is -4.08. The summed E-state index contributed by atoms with van der Waals surface area (Å²) in [4.78, 5) is 49.3. The zero-order valence-corrected chi connectivity index (χ0v) is 16.2. The van der Waals surface area contributed by atoms with E-state index in [2.05, 4.69) is 5.32 Å². The number of nitrogens with one attached hydrogen (secondary N) is 1. The van der Waals surface area contributed by atoms with Crippen molar-refractivity contribution in [3.8, 4) is 0 Å². The molecule has 4 atom stereocenters. The minimum Gasteiger partial charge on any atom is -0.480 e. The normalized spacial score (nSPS) is 15.9. The van der Waals surface area contributed by atoms with Gasteiger partial charge in [0.25, 0.3) is 5.91 Å². The fourth-order valence-corrected chi connectivity index (χ4v) is 2.42. The highest BCUT2D eigenvalue weighted by Gasteiger charge is 2.39. The molecule has 26 heavy (non-hydrogen) atoms. The predicted molar refractivity (Wildman–Crippen MR) is 94.8 cm³/mol. The maximum Gasteiger partial charge on any atom is 0.326 e.